The average Bonchev–Trinajstić information content (AvgIpc) is 2.69. The van der Waals surface area contributed by atoms with E-state index in [1.165, 1.54) is 5.56 Å². The van der Waals surface area contributed by atoms with Gasteiger partial charge in [-0.05, 0) is 37.7 Å². The van der Waals surface area contributed by atoms with Crippen LogP contribution in [-0.4, -0.2) is 18.6 Å². The summed E-state index contributed by atoms with van der Waals surface area (Å²) in [5, 5.41) is 3.14. The Hall–Kier alpha value is -1.35. The van der Waals surface area contributed by atoms with Crippen molar-refractivity contribution < 1.29 is 4.42 Å². The Morgan fingerprint density at radius 3 is 2.88 bits per heavy atom. The van der Waals surface area contributed by atoms with Crippen LogP contribution in [0.5, 0.6) is 0 Å². The molecule has 0 radical (unpaired) electrons. The van der Waals surface area contributed by atoms with E-state index in [0.717, 1.165) is 30.0 Å². The molecule has 0 fully saturated rings. The monoisotopic (exact) mass is 218 g/mol. The summed E-state index contributed by atoms with van der Waals surface area (Å²) in [6.45, 7) is 5.17. The van der Waals surface area contributed by atoms with Gasteiger partial charge in [-0.1, -0.05) is 19.9 Å². The highest BCUT2D eigenvalue weighted by molar-refractivity contribution is 5.73. The van der Waals surface area contributed by atoms with Crippen molar-refractivity contribution in [3.63, 3.8) is 0 Å². The summed E-state index contributed by atoms with van der Waals surface area (Å²) in [5.74, 6) is 1.16. The lowest BCUT2D eigenvalue weighted by atomic mass is 10.1. The number of nitrogens with one attached hydrogen (secondary N) is 1. The van der Waals surface area contributed by atoms with Gasteiger partial charge < -0.3 is 9.73 Å². The Balaban J connectivity index is 2.30. The summed E-state index contributed by atoms with van der Waals surface area (Å²) in [6.07, 6.45) is 1.02. The van der Waals surface area contributed by atoms with Crippen LogP contribution in [0.3, 0.4) is 0 Å². The van der Waals surface area contributed by atoms with Gasteiger partial charge in [0.15, 0.2) is 11.5 Å². The zero-order chi connectivity index (χ0) is 11.5. The summed E-state index contributed by atoms with van der Waals surface area (Å²) in [4.78, 5) is 4.49. The van der Waals surface area contributed by atoms with Crippen molar-refractivity contribution in [3.8, 4) is 0 Å². The third kappa shape index (κ3) is 2.25. The van der Waals surface area contributed by atoms with Gasteiger partial charge >= 0.3 is 0 Å². The van der Waals surface area contributed by atoms with Crippen LogP contribution in [0.15, 0.2) is 22.6 Å². The minimum absolute atomic E-state index is 0.341. The highest BCUT2D eigenvalue weighted by atomic mass is 16.3. The summed E-state index contributed by atoms with van der Waals surface area (Å²) >= 11 is 0. The van der Waals surface area contributed by atoms with Crippen LogP contribution in [0.4, 0.5) is 0 Å². The van der Waals surface area contributed by atoms with E-state index < -0.39 is 0 Å². The fraction of sp³-hybridized carbons (Fsp3) is 0.462. The molecule has 3 heteroatoms. The third-order valence-corrected chi connectivity index (χ3v) is 2.63. The minimum atomic E-state index is 0.341. The number of hydrogen-bond acceptors (Lipinski definition) is 3. The van der Waals surface area contributed by atoms with Crippen LogP contribution in [0, 0.1) is 0 Å². The first-order valence-electron chi connectivity index (χ1n) is 5.74. The van der Waals surface area contributed by atoms with Crippen LogP contribution in [0.1, 0.15) is 31.2 Å². The molecule has 0 saturated heterocycles. The summed E-state index contributed by atoms with van der Waals surface area (Å²) < 4.78 is 5.66. The van der Waals surface area contributed by atoms with Crippen LogP contribution in [-0.2, 0) is 6.42 Å². The normalized spacial score (nSPS) is 11.5. The van der Waals surface area contributed by atoms with Gasteiger partial charge in [0.25, 0.3) is 0 Å². The molecule has 0 unspecified atom stereocenters. The number of nitrogens with zero attached hydrogens (tertiary/aromatic N) is 1. The van der Waals surface area contributed by atoms with Crippen molar-refractivity contribution >= 4 is 11.1 Å². The fourth-order valence-corrected chi connectivity index (χ4v) is 1.66. The van der Waals surface area contributed by atoms with Crippen LogP contribution >= 0.6 is 0 Å². The molecule has 3 nitrogen and oxygen atoms in total. The lowest BCUT2D eigenvalue weighted by molar-refractivity contribution is 0.501. The zero-order valence-electron chi connectivity index (χ0n) is 10.1. The fourth-order valence-electron chi connectivity index (χ4n) is 1.66. The van der Waals surface area contributed by atoms with E-state index in [4.69, 9.17) is 4.42 Å². The van der Waals surface area contributed by atoms with E-state index >= 15 is 0 Å². The van der Waals surface area contributed by atoms with Crippen molar-refractivity contribution in [3.05, 3.63) is 29.7 Å². The van der Waals surface area contributed by atoms with E-state index in [0.29, 0.717) is 5.92 Å². The molecule has 1 aromatic carbocycles. The number of hydrogen-bond donors (Lipinski definition) is 1. The standard InChI is InChI=1S/C13H18N2O/c1-9(2)13-15-11-8-10(6-7-14-3)4-5-12(11)16-13/h4-5,8-9,14H,6-7H2,1-3H3. The average molecular weight is 218 g/mol. The molecule has 0 amide bonds. The molecule has 1 aromatic heterocycles. The Labute approximate surface area is 95.9 Å². The molecule has 86 valence electrons. The highest BCUT2D eigenvalue weighted by Crippen LogP contribution is 2.21. The van der Waals surface area contributed by atoms with Gasteiger partial charge in [-0.3, -0.25) is 0 Å². The maximum Gasteiger partial charge on any atom is 0.198 e. The lowest BCUT2D eigenvalue weighted by Gasteiger charge is -1.99. The van der Waals surface area contributed by atoms with Gasteiger partial charge in [0.05, 0.1) is 0 Å². The molecule has 1 N–H and O–H groups in total. The second kappa shape index (κ2) is 4.66. The third-order valence-electron chi connectivity index (χ3n) is 2.63. The first-order valence-corrected chi connectivity index (χ1v) is 5.74. The van der Waals surface area contributed by atoms with Gasteiger partial charge in [-0.2, -0.15) is 0 Å². The van der Waals surface area contributed by atoms with E-state index in [1.807, 2.05) is 13.1 Å². The van der Waals surface area contributed by atoms with Crippen LogP contribution < -0.4 is 5.32 Å². The first-order chi connectivity index (χ1) is 7.70. The zero-order valence-corrected chi connectivity index (χ0v) is 10.1. The molecule has 0 spiro atoms. The van der Waals surface area contributed by atoms with E-state index in [1.54, 1.807) is 0 Å². The summed E-state index contributed by atoms with van der Waals surface area (Å²) in [6, 6.07) is 6.23. The molecule has 1 heterocycles. The number of aromatic nitrogens is 1. The lowest BCUT2D eigenvalue weighted by Crippen LogP contribution is -2.10. The Kier molecular flexibility index (Phi) is 3.25. The van der Waals surface area contributed by atoms with Gasteiger partial charge in [-0.25, -0.2) is 4.98 Å². The molecular formula is C13H18N2O. The van der Waals surface area contributed by atoms with Crippen LogP contribution in [0.25, 0.3) is 11.1 Å². The Morgan fingerprint density at radius 2 is 2.19 bits per heavy atom. The largest absolute Gasteiger partial charge is 0.440 e. The highest BCUT2D eigenvalue weighted by Gasteiger charge is 2.09. The smallest absolute Gasteiger partial charge is 0.198 e. The van der Waals surface area contributed by atoms with Crippen molar-refractivity contribution in [1.82, 2.24) is 10.3 Å². The maximum absolute atomic E-state index is 5.66. The predicted molar refractivity (Wildman–Crippen MR) is 65.7 cm³/mol. The van der Waals surface area contributed by atoms with Gasteiger partial charge in [0.2, 0.25) is 0 Å². The molecule has 0 aliphatic rings. The summed E-state index contributed by atoms with van der Waals surface area (Å²) in [5.41, 5.74) is 3.15. The SMILES string of the molecule is CNCCc1ccc2oc(C(C)C)nc2c1. The molecule has 16 heavy (non-hydrogen) atoms. The quantitative estimate of drug-likeness (QED) is 0.857. The molecule has 0 saturated carbocycles. The van der Waals surface area contributed by atoms with E-state index in [-0.39, 0.29) is 0 Å². The number of rotatable bonds is 4. The van der Waals surface area contributed by atoms with Gasteiger partial charge in [0, 0.05) is 5.92 Å². The Morgan fingerprint density at radius 1 is 1.38 bits per heavy atom. The van der Waals surface area contributed by atoms with E-state index in [2.05, 4.69) is 36.3 Å². The maximum atomic E-state index is 5.66. The number of benzene rings is 1. The summed E-state index contributed by atoms with van der Waals surface area (Å²) in [7, 11) is 1.96. The molecule has 2 aromatic rings. The van der Waals surface area contributed by atoms with Crippen molar-refractivity contribution in [1.29, 1.82) is 0 Å². The molecule has 2 rings (SSSR count). The Bertz CT molecular complexity index is 474. The predicted octanol–water partition coefficient (Wildman–Crippen LogP) is 2.71. The molecule has 0 aliphatic heterocycles. The van der Waals surface area contributed by atoms with Gasteiger partial charge in [-0.15, -0.1) is 0 Å². The number of fused-ring (bicyclic) bond motifs is 1. The topological polar surface area (TPSA) is 38.1 Å². The molecule has 0 atom stereocenters. The van der Waals surface area contributed by atoms with Crippen molar-refractivity contribution in [2.75, 3.05) is 13.6 Å². The molecule has 0 aliphatic carbocycles. The second-order valence-corrected chi connectivity index (χ2v) is 4.36. The minimum Gasteiger partial charge on any atom is -0.440 e. The molecule has 0 bridgehead atoms. The van der Waals surface area contributed by atoms with E-state index in [9.17, 15) is 0 Å². The second-order valence-electron chi connectivity index (χ2n) is 4.36. The molecular weight excluding hydrogens is 200 g/mol. The number of likely N-dealkylation sites (N-methyl/N-ethyl adjacent to an activating group) is 1. The number of oxazole rings is 1. The van der Waals surface area contributed by atoms with Crippen LogP contribution in [0.2, 0.25) is 0 Å². The van der Waals surface area contributed by atoms with Gasteiger partial charge in [0.1, 0.15) is 5.52 Å². The van der Waals surface area contributed by atoms with Crippen molar-refractivity contribution in [2.45, 2.75) is 26.2 Å². The van der Waals surface area contributed by atoms with Crippen molar-refractivity contribution in [2.24, 2.45) is 0 Å². The first kappa shape index (κ1) is 11.1.